The van der Waals surface area contributed by atoms with Crippen LogP contribution >= 0.6 is 0 Å². The summed E-state index contributed by atoms with van der Waals surface area (Å²) in [6.45, 7) is 3.01. The molecule has 2 atom stereocenters. The van der Waals surface area contributed by atoms with Crippen LogP contribution < -0.4 is 10.5 Å². The lowest BCUT2D eigenvalue weighted by molar-refractivity contribution is 0.0907. The molecule has 8 heteroatoms. The molecule has 1 saturated heterocycles. The summed E-state index contributed by atoms with van der Waals surface area (Å²) in [4.78, 5) is 11.3. The Morgan fingerprint density at radius 3 is 2.81 bits per heavy atom. The van der Waals surface area contributed by atoms with Gasteiger partial charge in [-0.15, -0.1) is 0 Å². The number of carbonyl (C=O) groups is 1. The van der Waals surface area contributed by atoms with Crippen LogP contribution in [0.1, 0.15) is 23.7 Å². The fraction of sp³-hybridized carbons (Fsp3) is 0.462. The molecule has 1 aromatic carbocycles. The molecule has 1 heterocycles. The molecule has 1 amide bonds. The Bertz CT molecular complexity index is 648. The molecule has 2 unspecified atom stereocenters. The van der Waals surface area contributed by atoms with E-state index in [1.54, 1.807) is 0 Å². The van der Waals surface area contributed by atoms with Crippen LogP contribution in [0, 0.1) is 11.7 Å². The van der Waals surface area contributed by atoms with E-state index < -0.39 is 26.6 Å². The van der Waals surface area contributed by atoms with Gasteiger partial charge in [-0.1, -0.05) is 0 Å². The predicted molar refractivity (Wildman–Crippen MR) is 73.6 cm³/mol. The van der Waals surface area contributed by atoms with Crippen molar-refractivity contribution in [3.05, 3.63) is 29.6 Å². The van der Waals surface area contributed by atoms with Gasteiger partial charge in [-0.05, 0) is 31.5 Å². The molecule has 116 valence electrons. The number of amides is 1. The largest absolute Gasteiger partial charge is 0.378 e. The maximum Gasteiger partial charge on any atom is 0.251 e. The van der Waals surface area contributed by atoms with Crippen molar-refractivity contribution in [2.24, 2.45) is 11.1 Å². The first-order chi connectivity index (χ1) is 9.79. The first kappa shape index (κ1) is 15.9. The van der Waals surface area contributed by atoms with E-state index in [0.717, 1.165) is 18.6 Å². The number of ether oxygens (including phenoxy) is 1. The number of halogens is 1. The van der Waals surface area contributed by atoms with Gasteiger partial charge in [0.15, 0.2) is 0 Å². The quantitative estimate of drug-likeness (QED) is 0.851. The number of rotatable bonds is 4. The number of primary sulfonamides is 1. The zero-order chi connectivity index (χ0) is 15.6. The standard InChI is InChI=1S/C13H17FN2O4S/c1-8-10(4-5-20-8)7-16-13(17)9-2-3-11(14)12(6-9)21(15,18)19/h2-3,6,8,10H,4-5,7H2,1H3,(H,16,17)(H2,15,18,19). The first-order valence-corrected chi connectivity index (χ1v) is 8.06. The highest BCUT2D eigenvalue weighted by Gasteiger charge is 2.25. The van der Waals surface area contributed by atoms with Crippen molar-refractivity contribution >= 4 is 15.9 Å². The molecule has 0 bridgehead atoms. The number of nitrogens with one attached hydrogen (secondary N) is 1. The van der Waals surface area contributed by atoms with Crippen LogP contribution in [0.2, 0.25) is 0 Å². The number of nitrogens with two attached hydrogens (primary N) is 1. The maximum absolute atomic E-state index is 13.4. The predicted octanol–water partition coefficient (Wildman–Crippen LogP) is 0.628. The van der Waals surface area contributed by atoms with E-state index in [2.05, 4.69) is 5.32 Å². The van der Waals surface area contributed by atoms with E-state index in [1.165, 1.54) is 6.07 Å². The summed E-state index contributed by atoms with van der Waals surface area (Å²) in [6, 6.07) is 3.07. The lowest BCUT2D eigenvalue weighted by atomic mass is 10.0. The zero-order valence-electron chi connectivity index (χ0n) is 11.5. The van der Waals surface area contributed by atoms with Gasteiger partial charge in [0.25, 0.3) is 5.91 Å². The molecule has 1 aliphatic rings. The van der Waals surface area contributed by atoms with Crippen LogP contribution in [-0.4, -0.2) is 33.6 Å². The number of hydrogen-bond acceptors (Lipinski definition) is 4. The molecule has 0 radical (unpaired) electrons. The van der Waals surface area contributed by atoms with Gasteiger partial charge in [0.1, 0.15) is 10.7 Å². The fourth-order valence-corrected chi connectivity index (χ4v) is 2.86. The Morgan fingerprint density at radius 2 is 2.24 bits per heavy atom. The van der Waals surface area contributed by atoms with Gasteiger partial charge in [-0.25, -0.2) is 17.9 Å². The summed E-state index contributed by atoms with van der Waals surface area (Å²) in [5, 5.41) is 7.59. The van der Waals surface area contributed by atoms with Crippen molar-refractivity contribution in [1.29, 1.82) is 0 Å². The molecule has 1 aliphatic heterocycles. The number of carbonyl (C=O) groups excluding carboxylic acids is 1. The Balaban J connectivity index is 2.09. The van der Waals surface area contributed by atoms with Crippen molar-refractivity contribution in [2.45, 2.75) is 24.3 Å². The molecule has 1 fully saturated rings. The van der Waals surface area contributed by atoms with Gasteiger partial charge in [0.2, 0.25) is 10.0 Å². The van der Waals surface area contributed by atoms with Crippen LogP contribution in [0.15, 0.2) is 23.1 Å². The normalized spacial score (nSPS) is 22.2. The molecule has 6 nitrogen and oxygen atoms in total. The topological polar surface area (TPSA) is 98.5 Å². The number of sulfonamides is 1. The van der Waals surface area contributed by atoms with Gasteiger partial charge in [-0.3, -0.25) is 4.79 Å². The van der Waals surface area contributed by atoms with E-state index in [0.29, 0.717) is 13.2 Å². The van der Waals surface area contributed by atoms with E-state index in [9.17, 15) is 17.6 Å². The van der Waals surface area contributed by atoms with E-state index in [1.807, 2.05) is 6.92 Å². The third-order valence-corrected chi connectivity index (χ3v) is 4.48. The average molecular weight is 316 g/mol. The summed E-state index contributed by atoms with van der Waals surface area (Å²) in [7, 11) is -4.20. The average Bonchev–Trinajstić information content (AvgIpc) is 2.80. The summed E-state index contributed by atoms with van der Waals surface area (Å²) < 4.78 is 41.2. The minimum absolute atomic E-state index is 0.0481. The van der Waals surface area contributed by atoms with Gasteiger partial charge < -0.3 is 10.1 Å². The molecule has 1 aromatic rings. The number of hydrogen-bond donors (Lipinski definition) is 2. The third kappa shape index (κ3) is 3.78. The maximum atomic E-state index is 13.4. The molecule has 21 heavy (non-hydrogen) atoms. The highest BCUT2D eigenvalue weighted by Crippen LogP contribution is 2.20. The highest BCUT2D eigenvalue weighted by molar-refractivity contribution is 7.89. The van der Waals surface area contributed by atoms with Crippen LogP contribution in [0.4, 0.5) is 4.39 Å². The smallest absolute Gasteiger partial charge is 0.251 e. The third-order valence-electron chi connectivity index (χ3n) is 3.56. The molecule has 2 rings (SSSR count). The Hall–Kier alpha value is -1.51. The van der Waals surface area contributed by atoms with Crippen LogP contribution in [-0.2, 0) is 14.8 Å². The van der Waals surface area contributed by atoms with E-state index in [-0.39, 0.29) is 17.6 Å². The van der Waals surface area contributed by atoms with Gasteiger partial charge in [0.05, 0.1) is 6.10 Å². The Kier molecular flexibility index (Phi) is 4.60. The molecule has 0 aliphatic carbocycles. The van der Waals surface area contributed by atoms with Gasteiger partial charge >= 0.3 is 0 Å². The summed E-state index contributed by atoms with van der Waals surface area (Å²) in [5.41, 5.74) is 0.0481. The van der Waals surface area contributed by atoms with Crippen molar-refractivity contribution in [3.8, 4) is 0 Å². The summed E-state index contributed by atoms with van der Waals surface area (Å²) >= 11 is 0. The van der Waals surface area contributed by atoms with Gasteiger partial charge in [0, 0.05) is 24.6 Å². The molecular weight excluding hydrogens is 299 g/mol. The van der Waals surface area contributed by atoms with Crippen molar-refractivity contribution in [2.75, 3.05) is 13.2 Å². The van der Waals surface area contributed by atoms with E-state index in [4.69, 9.17) is 9.88 Å². The fourth-order valence-electron chi connectivity index (χ4n) is 2.23. The van der Waals surface area contributed by atoms with E-state index >= 15 is 0 Å². The summed E-state index contributed by atoms with van der Waals surface area (Å²) in [6.07, 6.45) is 0.923. The second kappa shape index (κ2) is 6.08. The molecule has 0 aromatic heterocycles. The number of benzene rings is 1. The highest BCUT2D eigenvalue weighted by atomic mass is 32.2. The minimum atomic E-state index is -4.20. The second-order valence-electron chi connectivity index (χ2n) is 5.02. The second-order valence-corrected chi connectivity index (χ2v) is 6.55. The first-order valence-electron chi connectivity index (χ1n) is 6.51. The molecule has 0 saturated carbocycles. The monoisotopic (exact) mass is 316 g/mol. The molecular formula is C13H17FN2O4S. The molecule has 3 N–H and O–H groups in total. The molecule has 0 spiro atoms. The minimum Gasteiger partial charge on any atom is -0.378 e. The van der Waals surface area contributed by atoms with Crippen molar-refractivity contribution < 1.29 is 22.3 Å². The van der Waals surface area contributed by atoms with Crippen LogP contribution in [0.25, 0.3) is 0 Å². The zero-order valence-corrected chi connectivity index (χ0v) is 12.3. The van der Waals surface area contributed by atoms with Crippen LogP contribution in [0.3, 0.4) is 0 Å². The SMILES string of the molecule is CC1OCCC1CNC(=O)c1ccc(F)c(S(N)(=O)=O)c1. The van der Waals surface area contributed by atoms with Crippen molar-refractivity contribution in [3.63, 3.8) is 0 Å². The lowest BCUT2D eigenvalue weighted by Gasteiger charge is -2.15. The summed E-state index contributed by atoms with van der Waals surface area (Å²) in [5.74, 6) is -1.24. The van der Waals surface area contributed by atoms with Crippen molar-refractivity contribution in [1.82, 2.24) is 5.32 Å². The Morgan fingerprint density at radius 1 is 1.52 bits per heavy atom. The van der Waals surface area contributed by atoms with Crippen LogP contribution in [0.5, 0.6) is 0 Å². The lowest BCUT2D eigenvalue weighted by Crippen LogP contribution is -2.32. The Labute approximate surface area is 122 Å². The van der Waals surface area contributed by atoms with Gasteiger partial charge in [-0.2, -0.15) is 0 Å².